The highest BCUT2D eigenvalue weighted by Crippen LogP contribution is 2.30. The molecular weight excluding hydrogens is 200 g/mol. The van der Waals surface area contributed by atoms with E-state index in [0.29, 0.717) is 5.56 Å². The van der Waals surface area contributed by atoms with Crippen molar-refractivity contribution in [3.63, 3.8) is 0 Å². The van der Waals surface area contributed by atoms with Crippen LogP contribution < -0.4 is 0 Å². The average Bonchev–Trinajstić information content (AvgIpc) is 2.52. The van der Waals surface area contributed by atoms with Crippen LogP contribution in [0.15, 0.2) is 18.2 Å². The smallest absolute Gasteiger partial charge is 0.152 e. The summed E-state index contributed by atoms with van der Waals surface area (Å²) in [6, 6.07) is 5.73. The van der Waals surface area contributed by atoms with Gasteiger partial charge in [-0.3, -0.25) is 9.48 Å². The van der Waals surface area contributed by atoms with Gasteiger partial charge in [-0.2, -0.15) is 5.10 Å². The van der Waals surface area contributed by atoms with Crippen LogP contribution in [0.1, 0.15) is 36.8 Å². The number of fused-ring (bicyclic) bond motifs is 1. The molecule has 0 saturated carbocycles. The van der Waals surface area contributed by atoms with E-state index in [1.807, 2.05) is 23.9 Å². The van der Waals surface area contributed by atoms with Crippen LogP contribution in [0.2, 0.25) is 0 Å². The van der Waals surface area contributed by atoms with E-state index in [2.05, 4.69) is 25.9 Å². The summed E-state index contributed by atoms with van der Waals surface area (Å²) in [4.78, 5) is 10.9. The van der Waals surface area contributed by atoms with E-state index in [4.69, 9.17) is 0 Å². The number of aryl methyl sites for hydroxylation is 1. The topological polar surface area (TPSA) is 34.9 Å². The third-order valence-electron chi connectivity index (χ3n) is 2.73. The Balaban J connectivity index is 2.87. The molecule has 0 fully saturated rings. The molecule has 16 heavy (non-hydrogen) atoms. The zero-order valence-corrected chi connectivity index (χ0v) is 10.1. The van der Waals surface area contributed by atoms with Gasteiger partial charge in [0.05, 0.1) is 5.69 Å². The lowest BCUT2D eigenvalue weighted by atomic mass is 9.89. The molecular formula is C13H16N2O. The first-order chi connectivity index (χ1) is 7.45. The van der Waals surface area contributed by atoms with Crippen LogP contribution in [-0.2, 0) is 12.5 Å². The fourth-order valence-corrected chi connectivity index (χ4v) is 2.22. The second kappa shape index (κ2) is 3.44. The van der Waals surface area contributed by atoms with Crippen molar-refractivity contribution in [1.29, 1.82) is 0 Å². The number of nitrogens with zero attached hydrogens (tertiary/aromatic N) is 2. The fourth-order valence-electron chi connectivity index (χ4n) is 2.22. The summed E-state index contributed by atoms with van der Waals surface area (Å²) in [5.74, 6) is 0. The first-order valence-corrected chi connectivity index (χ1v) is 5.36. The van der Waals surface area contributed by atoms with Gasteiger partial charge in [-0.15, -0.1) is 0 Å². The predicted octanol–water partition coefficient (Wildman–Crippen LogP) is 2.68. The van der Waals surface area contributed by atoms with Crippen molar-refractivity contribution in [3.05, 3.63) is 29.5 Å². The van der Waals surface area contributed by atoms with E-state index in [9.17, 15) is 4.79 Å². The van der Waals surface area contributed by atoms with Crippen LogP contribution in [0.4, 0.5) is 0 Å². The first-order valence-electron chi connectivity index (χ1n) is 5.36. The molecule has 0 radical (unpaired) electrons. The molecule has 1 aromatic carbocycles. The summed E-state index contributed by atoms with van der Waals surface area (Å²) in [6.07, 6.45) is 0.863. The average molecular weight is 216 g/mol. The Morgan fingerprint density at radius 2 is 2.00 bits per heavy atom. The zero-order valence-electron chi connectivity index (χ0n) is 10.1. The molecule has 2 aromatic rings. The Morgan fingerprint density at radius 3 is 2.56 bits per heavy atom. The summed E-state index contributed by atoms with van der Waals surface area (Å²) in [7, 11) is 1.93. The monoisotopic (exact) mass is 216 g/mol. The lowest BCUT2D eigenvalue weighted by Crippen LogP contribution is -2.16. The third-order valence-corrected chi connectivity index (χ3v) is 2.73. The van der Waals surface area contributed by atoms with Crippen LogP contribution in [0.5, 0.6) is 0 Å². The second-order valence-corrected chi connectivity index (χ2v) is 5.08. The molecule has 1 heterocycles. The highest BCUT2D eigenvalue weighted by molar-refractivity contribution is 5.97. The molecule has 0 bridgehead atoms. The molecule has 84 valence electrons. The van der Waals surface area contributed by atoms with Crippen molar-refractivity contribution in [2.24, 2.45) is 7.05 Å². The Hall–Kier alpha value is -1.64. The highest BCUT2D eigenvalue weighted by atomic mass is 16.1. The molecule has 0 aliphatic carbocycles. The van der Waals surface area contributed by atoms with E-state index in [-0.39, 0.29) is 5.41 Å². The standard InChI is InChI=1S/C13H16N2O/c1-13(2,3)12-10-7-5-6-9(8-16)11(10)14-15(12)4/h5-8H,1-4H3. The van der Waals surface area contributed by atoms with Crippen molar-refractivity contribution < 1.29 is 4.79 Å². The molecule has 0 spiro atoms. The van der Waals surface area contributed by atoms with E-state index in [1.165, 1.54) is 0 Å². The Labute approximate surface area is 95.1 Å². The van der Waals surface area contributed by atoms with Crippen LogP contribution in [0.3, 0.4) is 0 Å². The van der Waals surface area contributed by atoms with Crippen LogP contribution in [0, 0.1) is 0 Å². The Bertz CT molecular complexity index is 547. The molecule has 0 N–H and O–H groups in total. The largest absolute Gasteiger partial charge is 0.298 e. The van der Waals surface area contributed by atoms with Gasteiger partial charge in [-0.1, -0.05) is 32.9 Å². The maximum Gasteiger partial charge on any atom is 0.152 e. The first kappa shape index (κ1) is 10.9. The van der Waals surface area contributed by atoms with Crippen LogP contribution >= 0.6 is 0 Å². The van der Waals surface area contributed by atoms with Crippen molar-refractivity contribution in [2.45, 2.75) is 26.2 Å². The minimum absolute atomic E-state index is 0.0189. The molecule has 3 heteroatoms. The van der Waals surface area contributed by atoms with Gasteiger partial charge in [0.15, 0.2) is 6.29 Å². The third kappa shape index (κ3) is 1.52. The molecule has 0 amide bonds. The van der Waals surface area contributed by atoms with Crippen molar-refractivity contribution in [3.8, 4) is 0 Å². The van der Waals surface area contributed by atoms with E-state index in [1.54, 1.807) is 6.07 Å². The van der Waals surface area contributed by atoms with Gasteiger partial charge in [0, 0.05) is 23.4 Å². The molecule has 0 aliphatic rings. The van der Waals surface area contributed by atoms with Gasteiger partial charge in [-0.05, 0) is 6.07 Å². The quantitative estimate of drug-likeness (QED) is 0.687. The van der Waals surface area contributed by atoms with Crippen LogP contribution in [0.25, 0.3) is 10.9 Å². The number of hydrogen-bond acceptors (Lipinski definition) is 2. The molecule has 0 aliphatic heterocycles. The number of aldehydes is 1. The van der Waals surface area contributed by atoms with E-state index >= 15 is 0 Å². The highest BCUT2D eigenvalue weighted by Gasteiger charge is 2.22. The maximum absolute atomic E-state index is 10.9. The van der Waals surface area contributed by atoms with Crippen molar-refractivity contribution in [1.82, 2.24) is 9.78 Å². The molecule has 1 aromatic heterocycles. The molecule has 0 atom stereocenters. The summed E-state index contributed by atoms with van der Waals surface area (Å²) in [5, 5.41) is 5.50. The van der Waals surface area contributed by atoms with Gasteiger partial charge in [0.1, 0.15) is 5.52 Å². The van der Waals surface area contributed by atoms with Gasteiger partial charge in [0.2, 0.25) is 0 Å². The van der Waals surface area contributed by atoms with Crippen molar-refractivity contribution >= 4 is 17.2 Å². The van der Waals surface area contributed by atoms with Crippen LogP contribution in [-0.4, -0.2) is 16.1 Å². The van der Waals surface area contributed by atoms with Gasteiger partial charge >= 0.3 is 0 Å². The Kier molecular flexibility index (Phi) is 2.34. The molecule has 3 nitrogen and oxygen atoms in total. The number of aromatic nitrogens is 2. The van der Waals surface area contributed by atoms with E-state index in [0.717, 1.165) is 22.9 Å². The lowest BCUT2D eigenvalue weighted by Gasteiger charge is -2.19. The van der Waals surface area contributed by atoms with Gasteiger partial charge < -0.3 is 0 Å². The second-order valence-electron chi connectivity index (χ2n) is 5.08. The fraction of sp³-hybridized carbons (Fsp3) is 0.385. The molecule has 0 unspecified atom stereocenters. The summed E-state index contributed by atoms with van der Waals surface area (Å²) >= 11 is 0. The summed E-state index contributed by atoms with van der Waals surface area (Å²) in [5.41, 5.74) is 2.63. The number of hydrogen-bond donors (Lipinski definition) is 0. The number of carbonyl (C=O) groups excluding carboxylic acids is 1. The Morgan fingerprint density at radius 1 is 1.31 bits per heavy atom. The number of benzene rings is 1. The van der Waals surface area contributed by atoms with Gasteiger partial charge in [0.25, 0.3) is 0 Å². The van der Waals surface area contributed by atoms with Crippen molar-refractivity contribution in [2.75, 3.05) is 0 Å². The molecule has 0 saturated heterocycles. The zero-order chi connectivity index (χ0) is 11.9. The minimum Gasteiger partial charge on any atom is -0.298 e. The number of rotatable bonds is 1. The SMILES string of the molecule is Cn1nc2c(C=O)cccc2c1C(C)(C)C. The maximum atomic E-state index is 10.9. The van der Waals surface area contributed by atoms with Gasteiger partial charge in [-0.25, -0.2) is 0 Å². The lowest BCUT2D eigenvalue weighted by molar-refractivity contribution is 0.112. The predicted molar refractivity (Wildman–Crippen MR) is 64.8 cm³/mol. The number of carbonyl (C=O) groups is 1. The van der Waals surface area contributed by atoms with E-state index < -0.39 is 0 Å². The summed E-state index contributed by atoms with van der Waals surface area (Å²) in [6.45, 7) is 6.45. The normalized spacial score (nSPS) is 12.0. The molecule has 2 rings (SSSR count). The summed E-state index contributed by atoms with van der Waals surface area (Å²) < 4.78 is 1.87. The minimum atomic E-state index is 0.0189.